The average molecular weight is 317 g/mol. The Labute approximate surface area is 135 Å². The highest BCUT2D eigenvalue weighted by Gasteiger charge is 2.15. The first-order valence-corrected chi connectivity index (χ1v) is 8.19. The van der Waals surface area contributed by atoms with Crippen LogP contribution in [0.25, 0.3) is 11.0 Å². The molecule has 1 aromatic heterocycles. The van der Waals surface area contributed by atoms with Crippen LogP contribution in [0, 0.1) is 6.92 Å². The van der Waals surface area contributed by atoms with Crippen molar-refractivity contribution in [2.24, 2.45) is 0 Å². The lowest BCUT2D eigenvalue weighted by atomic mass is 10.1. The summed E-state index contributed by atoms with van der Waals surface area (Å²) in [4.78, 5) is 13.7. The normalized spacial score (nSPS) is 17.3. The van der Waals surface area contributed by atoms with Crippen LogP contribution in [0.5, 0.6) is 5.75 Å². The third kappa shape index (κ3) is 4.12. The van der Waals surface area contributed by atoms with Gasteiger partial charge in [-0.1, -0.05) is 6.42 Å². The molecule has 124 valence electrons. The van der Waals surface area contributed by atoms with Gasteiger partial charge in [0.05, 0.1) is 0 Å². The molecule has 1 fully saturated rings. The molecule has 0 bridgehead atoms. The summed E-state index contributed by atoms with van der Waals surface area (Å²) in [5, 5.41) is 11.0. The molecule has 1 N–H and O–H groups in total. The molecule has 0 aliphatic carbocycles. The van der Waals surface area contributed by atoms with Crippen LogP contribution in [0.3, 0.4) is 0 Å². The van der Waals surface area contributed by atoms with Gasteiger partial charge in [-0.05, 0) is 50.6 Å². The summed E-state index contributed by atoms with van der Waals surface area (Å²) < 4.78 is 10.9. The van der Waals surface area contributed by atoms with Crippen LogP contribution >= 0.6 is 0 Å². The molecule has 1 unspecified atom stereocenters. The molecule has 1 atom stereocenters. The van der Waals surface area contributed by atoms with E-state index in [-0.39, 0.29) is 12.2 Å². The van der Waals surface area contributed by atoms with E-state index in [0.29, 0.717) is 17.9 Å². The molecule has 2 heterocycles. The van der Waals surface area contributed by atoms with Gasteiger partial charge in [-0.2, -0.15) is 0 Å². The van der Waals surface area contributed by atoms with Crippen molar-refractivity contribution in [1.82, 2.24) is 4.90 Å². The Kier molecular flexibility index (Phi) is 4.98. The summed E-state index contributed by atoms with van der Waals surface area (Å²) in [6, 6.07) is 6.89. The number of aliphatic hydroxyl groups is 1. The van der Waals surface area contributed by atoms with Crippen molar-refractivity contribution >= 4 is 11.0 Å². The Bertz CT molecular complexity index is 719. The van der Waals surface area contributed by atoms with Gasteiger partial charge in [0.15, 0.2) is 0 Å². The number of hydrogen-bond donors (Lipinski definition) is 1. The molecule has 0 spiro atoms. The molecule has 5 nitrogen and oxygen atoms in total. The number of aliphatic hydroxyl groups excluding tert-OH is 1. The van der Waals surface area contributed by atoms with E-state index in [1.807, 2.05) is 19.1 Å². The Morgan fingerprint density at radius 1 is 1.26 bits per heavy atom. The van der Waals surface area contributed by atoms with Gasteiger partial charge >= 0.3 is 5.63 Å². The summed E-state index contributed by atoms with van der Waals surface area (Å²) in [5.41, 5.74) is 1.03. The minimum absolute atomic E-state index is 0.234. The van der Waals surface area contributed by atoms with Crippen molar-refractivity contribution in [1.29, 1.82) is 0 Å². The average Bonchev–Trinajstić information content (AvgIpc) is 2.53. The zero-order valence-corrected chi connectivity index (χ0v) is 13.5. The van der Waals surface area contributed by atoms with E-state index in [2.05, 4.69) is 4.90 Å². The quantitative estimate of drug-likeness (QED) is 0.858. The fourth-order valence-corrected chi connectivity index (χ4v) is 3.08. The van der Waals surface area contributed by atoms with Crippen LogP contribution in [0.1, 0.15) is 24.8 Å². The van der Waals surface area contributed by atoms with Crippen LogP contribution in [0.2, 0.25) is 0 Å². The van der Waals surface area contributed by atoms with Gasteiger partial charge in [-0.15, -0.1) is 0 Å². The number of nitrogens with zero attached hydrogens (tertiary/aromatic N) is 1. The first-order valence-electron chi connectivity index (χ1n) is 8.19. The molecule has 0 saturated carbocycles. The minimum Gasteiger partial charge on any atom is -0.491 e. The first-order chi connectivity index (χ1) is 11.1. The van der Waals surface area contributed by atoms with Crippen LogP contribution in [0.15, 0.2) is 33.5 Å². The maximum Gasteiger partial charge on any atom is 0.336 e. The van der Waals surface area contributed by atoms with Crippen molar-refractivity contribution in [2.45, 2.75) is 32.3 Å². The van der Waals surface area contributed by atoms with Crippen LogP contribution in [-0.4, -0.2) is 42.4 Å². The minimum atomic E-state index is -0.520. The predicted octanol–water partition coefficient (Wildman–Crippen LogP) is 2.33. The van der Waals surface area contributed by atoms with Gasteiger partial charge in [0.1, 0.15) is 24.0 Å². The molecule has 3 rings (SSSR count). The van der Waals surface area contributed by atoms with Gasteiger partial charge in [0.25, 0.3) is 0 Å². The highest BCUT2D eigenvalue weighted by atomic mass is 16.5. The zero-order chi connectivity index (χ0) is 16.2. The van der Waals surface area contributed by atoms with Crippen molar-refractivity contribution in [2.75, 3.05) is 26.2 Å². The highest BCUT2D eigenvalue weighted by molar-refractivity contribution is 5.81. The lowest BCUT2D eigenvalue weighted by Crippen LogP contribution is -2.38. The molecule has 0 amide bonds. The third-order valence-corrected chi connectivity index (χ3v) is 4.28. The van der Waals surface area contributed by atoms with Gasteiger partial charge < -0.3 is 19.2 Å². The Balaban J connectivity index is 1.61. The van der Waals surface area contributed by atoms with E-state index in [9.17, 15) is 9.90 Å². The first kappa shape index (κ1) is 16.0. The van der Waals surface area contributed by atoms with Gasteiger partial charge in [0.2, 0.25) is 0 Å². The number of rotatable bonds is 5. The summed E-state index contributed by atoms with van der Waals surface area (Å²) in [7, 11) is 0. The van der Waals surface area contributed by atoms with Crippen LogP contribution in [-0.2, 0) is 0 Å². The lowest BCUT2D eigenvalue weighted by Gasteiger charge is -2.28. The smallest absolute Gasteiger partial charge is 0.336 e. The number of aryl methyl sites for hydroxylation is 1. The Morgan fingerprint density at radius 2 is 2.04 bits per heavy atom. The van der Waals surface area contributed by atoms with Gasteiger partial charge in [-0.25, -0.2) is 4.79 Å². The molecular weight excluding hydrogens is 294 g/mol. The zero-order valence-electron chi connectivity index (χ0n) is 13.5. The molecule has 5 heteroatoms. The van der Waals surface area contributed by atoms with E-state index in [1.54, 1.807) is 6.07 Å². The SMILES string of the molecule is Cc1cc(=O)oc2cc(OCC(O)CN3CCCCC3)ccc12. The summed E-state index contributed by atoms with van der Waals surface area (Å²) in [5.74, 6) is 0.601. The number of β-amino-alcohol motifs (C(OH)–C–C–N with tert-alkyl or cyclic N) is 1. The number of fused-ring (bicyclic) bond motifs is 1. The highest BCUT2D eigenvalue weighted by Crippen LogP contribution is 2.22. The standard InChI is InChI=1S/C18H23NO4/c1-13-9-18(21)23-17-10-15(5-6-16(13)17)22-12-14(20)11-19-7-3-2-4-8-19/h5-6,9-10,14,20H,2-4,7-8,11-12H2,1H3. The summed E-state index contributed by atoms with van der Waals surface area (Å²) in [6.07, 6.45) is 3.17. The molecule has 23 heavy (non-hydrogen) atoms. The maximum absolute atomic E-state index is 11.5. The summed E-state index contributed by atoms with van der Waals surface area (Å²) in [6.45, 7) is 4.86. The molecular formula is C18H23NO4. The molecule has 1 saturated heterocycles. The summed E-state index contributed by atoms with van der Waals surface area (Å²) >= 11 is 0. The van der Waals surface area contributed by atoms with E-state index < -0.39 is 6.10 Å². The number of ether oxygens (including phenoxy) is 1. The van der Waals surface area contributed by atoms with Crippen molar-refractivity contribution < 1.29 is 14.3 Å². The van der Waals surface area contributed by atoms with Crippen LogP contribution in [0.4, 0.5) is 0 Å². The largest absolute Gasteiger partial charge is 0.491 e. The van der Waals surface area contributed by atoms with E-state index >= 15 is 0 Å². The Morgan fingerprint density at radius 3 is 2.83 bits per heavy atom. The number of benzene rings is 1. The van der Waals surface area contributed by atoms with E-state index in [4.69, 9.17) is 9.15 Å². The molecule has 0 radical (unpaired) electrons. The topological polar surface area (TPSA) is 62.9 Å². The maximum atomic E-state index is 11.5. The van der Waals surface area contributed by atoms with Crippen molar-refractivity contribution in [3.05, 3.63) is 40.2 Å². The fourth-order valence-electron chi connectivity index (χ4n) is 3.08. The van der Waals surface area contributed by atoms with Crippen LogP contribution < -0.4 is 10.4 Å². The number of hydrogen-bond acceptors (Lipinski definition) is 5. The molecule has 2 aromatic rings. The van der Waals surface area contributed by atoms with Gasteiger partial charge in [0, 0.05) is 24.1 Å². The second-order valence-corrected chi connectivity index (χ2v) is 6.23. The number of piperidine rings is 1. The van der Waals surface area contributed by atoms with Crippen molar-refractivity contribution in [3.8, 4) is 5.75 Å². The van der Waals surface area contributed by atoms with E-state index in [1.165, 1.54) is 25.3 Å². The van der Waals surface area contributed by atoms with Gasteiger partial charge in [-0.3, -0.25) is 0 Å². The monoisotopic (exact) mass is 317 g/mol. The third-order valence-electron chi connectivity index (χ3n) is 4.28. The second-order valence-electron chi connectivity index (χ2n) is 6.23. The Hall–Kier alpha value is -1.85. The lowest BCUT2D eigenvalue weighted by molar-refractivity contribution is 0.0617. The molecule has 1 aromatic carbocycles. The second kappa shape index (κ2) is 7.15. The fraction of sp³-hybridized carbons (Fsp3) is 0.500. The van der Waals surface area contributed by atoms with E-state index in [0.717, 1.165) is 24.0 Å². The molecule has 1 aliphatic rings. The van der Waals surface area contributed by atoms with Crippen molar-refractivity contribution in [3.63, 3.8) is 0 Å². The number of likely N-dealkylation sites (tertiary alicyclic amines) is 1. The predicted molar refractivity (Wildman–Crippen MR) is 89.0 cm³/mol. The molecule has 1 aliphatic heterocycles.